The molecule has 2 rings (SSSR count). The average molecular weight is 332 g/mol. The van der Waals surface area contributed by atoms with Crippen LogP contribution in [0, 0.1) is 11.8 Å². The molecule has 1 aromatic carbocycles. The fourth-order valence-corrected chi connectivity index (χ4v) is 2.33. The number of hydrogen-bond acceptors (Lipinski definition) is 3. The summed E-state index contributed by atoms with van der Waals surface area (Å²) in [5, 5.41) is 14.7. The van der Waals surface area contributed by atoms with Crippen LogP contribution in [0.2, 0.25) is 0 Å². The molecule has 0 aromatic heterocycles. The van der Waals surface area contributed by atoms with Gasteiger partial charge in [0, 0.05) is 17.2 Å². The number of amides is 2. The molecule has 3 N–H and O–H groups in total. The maximum atomic E-state index is 12.4. The molecule has 0 radical (unpaired) electrons. The molecule has 24 heavy (non-hydrogen) atoms. The average Bonchev–Trinajstić information content (AvgIpc) is 3.31. The Bertz CT molecular complexity index is 635. The van der Waals surface area contributed by atoms with Gasteiger partial charge in [0.15, 0.2) is 0 Å². The van der Waals surface area contributed by atoms with E-state index in [1.165, 1.54) is 0 Å². The highest BCUT2D eigenvalue weighted by Gasteiger charge is 2.33. The van der Waals surface area contributed by atoms with E-state index in [9.17, 15) is 14.4 Å². The van der Waals surface area contributed by atoms with Crippen LogP contribution < -0.4 is 10.6 Å². The minimum atomic E-state index is -0.954. The number of rotatable bonds is 7. The van der Waals surface area contributed by atoms with Crippen molar-refractivity contribution >= 4 is 23.5 Å². The summed E-state index contributed by atoms with van der Waals surface area (Å²) in [4.78, 5) is 35.2. The highest BCUT2D eigenvalue weighted by molar-refractivity contribution is 5.97. The minimum absolute atomic E-state index is 0.0149. The van der Waals surface area contributed by atoms with Gasteiger partial charge in [-0.3, -0.25) is 14.4 Å². The predicted molar refractivity (Wildman–Crippen MR) is 90.8 cm³/mol. The maximum absolute atomic E-state index is 12.4. The molecule has 0 bridgehead atoms. The van der Waals surface area contributed by atoms with Crippen LogP contribution >= 0.6 is 0 Å². The van der Waals surface area contributed by atoms with Crippen LogP contribution in [0.15, 0.2) is 24.3 Å². The molecular formula is C18H24N2O4. The zero-order valence-corrected chi connectivity index (χ0v) is 14.3. The highest BCUT2D eigenvalue weighted by Crippen LogP contribution is 2.30. The Kier molecular flexibility index (Phi) is 5.26. The van der Waals surface area contributed by atoms with E-state index in [0.29, 0.717) is 11.3 Å². The first-order chi connectivity index (χ1) is 11.2. The van der Waals surface area contributed by atoms with Gasteiger partial charge in [-0.1, -0.05) is 13.8 Å². The van der Waals surface area contributed by atoms with Crippen molar-refractivity contribution in [2.45, 2.75) is 45.6 Å². The number of benzene rings is 1. The number of carbonyl (C=O) groups excluding carboxylic acids is 2. The normalized spacial score (nSPS) is 16.3. The maximum Gasteiger partial charge on any atom is 0.305 e. The summed E-state index contributed by atoms with van der Waals surface area (Å²) in [7, 11) is 0. The van der Waals surface area contributed by atoms with Crippen molar-refractivity contribution < 1.29 is 19.5 Å². The van der Waals surface area contributed by atoms with Crippen molar-refractivity contribution in [1.29, 1.82) is 0 Å². The molecule has 1 atom stereocenters. The zero-order chi connectivity index (χ0) is 17.9. The topological polar surface area (TPSA) is 95.5 Å². The van der Waals surface area contributed by atoms with E-state index >= 15 is 0 Å². The first kappa shape index (κ1) is 18.0. The lowest BCUT2D eigenvalue weighted by molar-refractivity contribution is -0.139. The van der Waals surface area contributed by atoms with Gasteiger partial charge in [-0.05, 0) is 49.9 Å². The van der Waals surface area contributed by atoms with Gasteiger partial charge in [-0.2, -0.15) is 0 Å². The molecule has 1 aliphatic rings. The highest BCUT2D eigenvalue weighted by atomic mass is 16.4. The van der Waals surface area contributed by atoms with E-state index in [1.807, 2.05) is 13.8 Å². The second-order valence-electron chi connectivity index (χ2n) is 6.94. The van der Waals surface area contributed by atoms with Crippen molar-refractivity contribution in [3.05, 3.63) is 29.8 Å². The molecule has 0 spiro atoms. The molecule has 6 heteroatoms. The number of carbonyl (C=O) groups is 3. The number of carboxylic acids is 1. The summed E-state index contributed by atoms with van der Waals surface area (Å²) in [6.07, 6.45) is 1.72. The summed E-state index contributed by atoms with van der Waals surface area (Å²) in [5.41, 5.74) is 0.249. The van der Waals surface area contributed by atoms with Crippen LogP contribution in [0.3, 0.4) is 0 Å². The van der Waals surface area contributed by atoms with E-state index in [1.54, 1.807) is 31.2 Å². The first-order valence-electron chi connectivity index (χ1n) is 8.16. The lowest BCUT2D eigenvalue weighted by atomic mass is 9.85. The second-order valence-corrected chi connectivity index (χ2v) is 6.94. The fraction of sp³-hybridized carbons (Fsp3) is 0.500. The van der Waals surface area contributed by atoms with Crippen LogP contribution in [0.25, 0.3) is 0 Å². The fourth-order valence-electron chi connectivity index (χ4n) is 2.33. The second kappa shape index (κ2) is 7.03. The SMILES string of the molecule is CC(C)C(C)(CC(=O)O)NC(=O)c1ccc(NC(=O)C2CC2)cc1. The lowest BCUT2D eigenvalue weighted by Crippen LogP contribution is -2.51. The number of anilines is 1. The number of aliphatic carboxylic acids is 1. The number of hydrogen-bond donors (Lipinski definition) is 3. The molecule has 6 nitrogen and oxygen atoms in total. The van der Waals surface area contributed by atoms with Gasteiger partial charge >= 0.3 is 5.97 Å². The molecule has 0 heterocycles. The Balaban J connectivity index is 2.02. The molecule has 0 saturated heterocycles. The van der Waals surface area contributed by atoms with Crippen molar-refractivity contribution in [2.24, 2.45) is 11.8 Å². The monoisotopic (exact) mass is 332 g/mol. The van der Waals surface area contributed by atoms with Gasteiger partial charge in [0.1, 0.15) is 0 Å². The van der Waals surface area contributed by atoms with Crippen LogP contribution in [0.5, 0.6) is 0 Å². The van der Waals surface area contributed by atoms with Crippen molar-refractivity contribution in [2.75, 3.05) is 5.32 Å². The molecule has 1 saturated carbocycles. The molecular weight excluding hydrogens is 308 g/mol. The smallest absolute Gasteiger partial charge is 0.305 e. The summed E-state index contributed by atoms with van der Waals surface area (Å²) in [6, 6.07) is 6.61. The Morgan fingerprint density at radius 3 is 2.25 bits per heavy atom. The molecule has 0 aliphatic heterocycles. The summed E-state index contributed by atoms with van der Waals surface area (Å²) < 4.78 is 0. The van der Waals surface area contributed by atoms with E-state index < -0.39 is 11.5 Å². The molecule has 2 amide bonds. The summed E-state index contributed by atoms with van der Waals surface area (Å²) in [5.74, 6) is -1.18. The standard InChI is InChI=1S/C18H24N2O4/c1-11(2)18(3,10-15(21)22)20-17(24)13-6-8-14(9-7-13)19-16(23)12-4-5-12/h6-9,11-12H,4-5,10H2,1-3H3,(H,19,23)(H,20,24)(H,21,22). The van der Waals surface area contributed by atoms with Crippen molar-refractivity contribution in [3.63, 3.8) is 0 Å². The number of nitrogens with one attached hydrogen (secondary N) is 2. The zero-order valence-electron chi connectivity index (χ0n) is 14.3. The third-order valence-electron chi connectivity index (χ3n) is 4.55. The van der Waals surface area contributed by atoms with E-state index in [2.05, 4.69) is 10.6 Å². The quantitative estimate of drug-likeness (QED) is 0.715. The summed E-state index contributed by atoms with van der Waals surface area (Å²) in [6.45, 7) is 5.48. The van der Waals surface area contributed by atoms with Gasteiger partial charge < -0.3 is 15.7 Å². The third-order valence-corrected chi connectivity index (χ3v) is 4.55. The third kappa shape index (κ3) is 4.57. The van der Waals surface area contributed by atoms with E-state index in [-0.39, 0.29) is 30.1 Å². The molecule has 1 unspecified atom stereocenters. The van der Waals surface area contributed by atoms with E-state index in [0.717, 1.165) is 12.8 Å². The molecule has 1 aromatic rings. The Hall–Kier alpha value is -2.37. The van der Waals surface area contributed by atoms with Crippen LogP contribution in [-0.2, 0) is 9.59 Å². The minimum Gasteiger partial charge on any atom is -0.481 e. The van der Waals surface area contributed by atoms with Gasteiger partial charge in [0.2, 0.25) is 5.91 Å². The van der Waals surface area contributed by atoms with Crippen LogP contribution in [0.4, 0.5) is 5.69 Å². The summed E-state index contributed by atoms with van der Waals surface area (Å²) >= 11 is 0. The van der Waals surface area contributed by atoms with E-state index in [4.69, 9.17) is 5.11 Å². The molecule has 1 aliphatic carbocycles. The Morgan fingerprint density at radius 2 is 1.79 bits per heavy atom. The largest absolute Gasteiger partial charge is 0.481 e. The van der Waals surface area contributed by atoms with Gasteiger partial charge in [-0.15, -0.1) is 0 Å². The van der Waals surface area contributed by atoms with Gasteiger partial charge in [-0.25, -0.2) is 0 Å². The number of carboxylic acid groups (broad SMARTS) is 1. The van der Waals surface area contributed by atoms with Gasteiger partial charge in [0.05, 0.1) is 12.0 Å². The molecule has 1 fully saturated rings. The van der Waals surface area contributed by atoms with Crippen molar-refractivity contribution in [3.8, 4) is 0 Å². The lowest BCUT2D eigenvalue weighted by Gasteiger charge is -2.33. The predicted octanol–water partition coefficient (Wildman–Crippen LogP) is 2.65. The van der Waals surface area contributed by atoms with Gasteiger partial charge in [0.25, 0.3) is 5.91 Å². The Morgan fingerprint density at radius 1 is 1.21 bits per heavy atom. The van der Waals surface area contributed by atoms with Crippen LogP contribution in [-0.4, -0.2) is 28.4 Å². The first-order valence-corrected chi connectivity index (χ1v) is 8.16. The Labute approximate surface area is 141 Å². The molecule has 130 valence electrons. The van der Waals surface area contributed by atoms with Crippen LogP contribution in [0.1, 0.15) is 50.4 Å². The van der Waals surface area contributed by atoms with Crippen molar-refractivity contribution in [1.82, 2.24) is 5.32 Å².